The summed E-state index contributed by atoms with van der Waals surface area (Å²) in [5, 5.41) is 0. The van der Waals surface area contributed by atoms with Crippen molar-refractivity contribution in [2.45, 2.75) is 39.2 Å². The topological polar surface area (TPSA) is 32.5 Å². The molecule has 0 bridgehead atoms. The van der Waals surface area contributed by atoms with E-state index >= 15 is 0 Å². The van der Waals surface area contributed by atoms with E-state index in [2.05, 4.69) is 35.8 Å². The molecule has 3 heteroatoms. The van der Waals surface area contributed by atoms with Crippen LogP contribution in [0, 0.1) is 11.8 Å². The molecule has 21 heavy (non-hydrogen) atoms. The lowest BCUT2D eigenvalue weighted by Crippen LogP contribution is -2.51. The molecule has 1 heterocycles. The first-order valence-corrected chi connectivity index (χ1v) is 8.48. The smallest absolute Gasteiger partial charge is 0.0368 e. The molecule has 1 aromatic carbocycles. The molecule has 116 valence electrons. The van der Waals surface area contributed by atoms with Crippen LogP contribution in [0.15, 0.2) is 24.3 Å². The standard InChI is InChI=1S/C18H29N3/c1-14-3-6-18(13-15(14)2)21-11-9-20(10-12-21)17-7-4-16(19)5-8-17/h4-5,7-8,14-15,18H,3,6,9-13,19H2,1-2H3. The minimum absolute atomic E-state index is 0.824. The van der Waals surface area contributed by atoms with E-state index in [4.69, 9.17) is 5.73 Å². The van der Waals surface area contributed by atoms with E-state index in [-0.39, 0.29) is 0 Å². The van der Waals surface area contributed by atoms with Gasteiger partial charge in [0.1, 0.15) is 0 Å². The maximum atomic E-state index is 5.77. The van der Waals surface area contributed by atoms with E-state index in [1.54, 1.807) is 0 Å². The summed E-state index contributed by atoms with van der Waals surface area (Å²) in [4.78, 5) is 5.22. The highest BCUT2D eigenvalue weighted by Crippen LogP contribution is 2.32. The number of hydrogen-bond acceptors (Lipinski definition) is 3. The van der Waals surface area contributed by atoms with Crippen molar-refractivity contribution in [3.05, 3.63) is 24.3 Å². The molecule has 3 nitrogen and oxygen atoms in total. The van der Waals surface area contributed by atoms with Crippen LogP contribution in [0.2, 0.25) is 0 Å². The molecule has 3 unspecified atom stereocenters. The van der Waals surface area contributed by atoms with Gasteiger partial charge in [-0.2, -0.15) is 0 Å². The Kier molecular flexibility index (Phi) is 4.39. The summed E-state index contributed by atoms with van der Waals surface area (Å²) in [6.45, 7) is 9.54. The third kappa shape index (κ3) is 3.34. The first-order chi connectivity index (χ1) is 10.1. The fourth-order valence-corrected chi connectivity index (χ4v) is 3.88. The quantitative estimate of drug-likeness (QED) is 0.848. The number of anilines is 2. The van der Waals surface area contributed by atoms with Crippen molar-refractivity contribution in [3.8, 4) is 0 Å². The number of piperazine rings is 1. The van der Waals surface area contributed by atoms with E-state index < -0.39 is 0 Å². The number of nitrogen functional groups attached to an aromatic ring is 1. The first-order valence-electron chi connectivity index (χ1n) is 8.48. The zero-order valence-electron chi connectivity index (χ0n) is 13.5. The maximum absolute atomic E-state index is 5.77. The molecule has 0 spiro atoms. The van der Waals surface area contributed by atoms with Crippen molar-refractivity contribution < 1.29 is 0 Å². The van der Waals surface area contributed by atoms with Crippen molar-refractivity contribution in [1.29, 1.82) is 0 Å². The monoisotopic (exact) mass is 287 g/mol. The molecular weight excluding hydrogens is 258 g/mol. The summed E-state index contributed by atoms with van der Waals surface area (Å²) in [6, 6.07) is 9.13. The van der Waals surface area contributed by atoms with Crippen LogP contribution in [-0.4, -0.2) is 37.1 Å². The highest BCUT2D eigenvalue weighted by molar-refractivity contribution is 5.53. The van der Waals surface area contributed by atoms with Gasteiger partial charge in [-0.05, 0) is 55.4 Å². The van der Waals surface area contributed by atoms with Crippen molar-refractivity contribution >= 4 is 11.4 Å². The second-order valence-corrected chi connectivity index (χ2v) is 7.04. The molecule has 1 aliphatic carbocycles. The van der Waals surface area contributed by atoms with E-state index in [0.29, 0.717) is 0 Å². The molecule has 2 N–H and O–H groups in total. The average Bonchev–Trinajstić information content (AvgIpc) is 2.51. The van der Waals surface area contributed by atoms with Gasteiger partial charge >= 0.3 is 0 Å². The Bertz CT molecular complexity index is 448. The highest BCUT2D eigenvalue weighted by atomic mass is 15.3. The molecular formula is C18H29N3. The lowest BCUT2D eigenvalue weighted by atomic mass is 9.78. The Hall–Kier alpha value is -1.22. The number of nitrogens with two attached hydrogens (primary N) is 1. The van der Waals surface area contributed by atoms with Crippen LogP contribution >= 0.6 is 0 Å². The van der Waals surface area contributed by atoms with Crippen molar-refractivity contribution in [2.75, 3.05) is 36.8 Å². The Morgan fingerprint density at radius 2 is 1.57 bits per heavy atom. The number of nitrogens with zero attached hydrogens (tertiary/aromatic N) is 2. The van der Waals surface area contributed by atoms with Crippen molar-refractivity contribution in [1.82, 2.24) is 4.90 Å². The van der Waals surface area contributed by atoms with Gasteiger partial charge in [0.15, 0.2) is 0 Å². The predicted octanol–water partition coefficient (Wildman–Crippen LogP) is 3.22. The summed E-state index contributed by atoms with van der Waals surface area (Å²) >= 11 is 0. The molecule has 1 aromatic rings. The highest BCUT2D eigenvalue weighted by Gasteiger charge is 2.30. The van der Waals surface area contributed by atoms with Gasteiger partial charge in [-0.3, -0.25) is 4.90 Å². The van der Waals surface area contributed by atoms with Gasteiger partial charge in [-0.15, -0.1) is 0 Å². The van der Waals surface area contributed by atoms with Gasteiger partial charge in [-0.1, -0.05) is 13.8 Å². The van der Waals surface area contributed by atoms with Crippen LogP contribution in [0.25, 0.3) is 0 Å². The summed E-state index contributed by atoms with van der Waals surface area (Å²) in [5.41, 5.74) is 7.94. The van der Waals surface area contributed by atoms with Crippen LogP contribution in [-0.2, 0) is 0 Å². The fraction of sp³-hybridized carbons (Fsp3) is 0.667. The Morgan fingerprint density at radius 3 is 2.19 bits per heavy atom. The SMILES string of the molecule is CC1CCC(N2CCN(c3ccc(N)cc3)CC2)CC1C. The summed E-state index contributed by atoms with van der Waals surface area (Å²) in [5.74, 6) is 1.80. The molecule has 3 rings (SSSR count). The molecule has 0 radical (unpaired) electrons. The van der Waals surface area contributed by atoms with Gasteiger partial charge in [0.25, 0.3) is 0 Å². The third-order valence-corrected chi connectivity index (χ3v) is 5.66. The zero-order chi connectivity index (χ0) is 14.8. The maximum Gasteiger partial charge on any atom is 0.0368 e. The van der Waals surface area contributed by atoms with Crippen molar-refractivity contribution in [3.63, 3.8) is 0 Å². The molecule has 1 saturated carbocycles. The van der Waals surface area contributed by atoms with Gasteiger partial charge in [0.2, 0.25) is 0 Å². The molecule has 2 fully saturated rings. The third-order valence-electron chi connectivity index (χ3n) is 5.66. The van der Waals surface area contributed by atoms with Gasteiger partial charge in [0.05, 0.1) is 0 Å². The second-order valence-electron chi connectivity index (χ2n) is 7.04. The van der Waals surface area contributed by atoms with Gasteiger partial charge in [-0.25, -0.2) is 0 Å². The largest absolute Gasteiger partial charge is 0.399 e. The van der Waals surface area contributed by atoms with Crippen molar-refractivity contribution in [2.24, 2.45) is 11.8 Å². The first kappa shape index (κ1) is 14.7. The second kappa shape index (κ2) is 6.27. The lowest BCUT2D eigenvalue weighted by Gasteiger charge is -2.44. The summed E-state index contributed by atoms with van der Waals surface area (Å²) < 4.78 is 0. The number of rotatable bonds is 2. The van der Waals surface area contributed by atoms with Crippen LogP contribution < -0.4 is 10.6 Å². The number of benzene rings is 1. The Labute approximate surface area is 129 Å². The van der Waals surface area contributed by atoms with E-state index in [9.17, 15) is 0 Å². The molecule has 0 aromatic heterocycles. The number of hydrogen-bond donors (Lipinski definition) is 1. The van der Waals surface area contributed by atoms with Crippen LogP contribution in [0.4, 0.5) is 11.4 Å². The zero-order valence-corrected chi connectivity index (χ0v) is 13.5. The minimum atomic E-state index is 0.824. The van der Waals surface area contributed by atoms with Crippen LogP contribution in [0.1, 0.15) is 33.1 Å². The fourth-order valence-electron chi connectivity index (χ4n) is 3.88. The Balaban J connectivity index is 1.54. The molecule has 3 atom stereocenters. The van der Waals surface area contributed by atoms with Gasteiger partial charge in [0, 0.05) is 43.6 Å². The summed E-state index contributed by atoms with van der Waals surface area (Å²) in [7, 11) is 0. The van der Waals surface area contributed by atoms with Crippen LogP contribution in [0.5, 0.6) is 0 Å². The van der Waals surface area contributed by atoms with Crippen LogP contribution in [0.3, 0.4) is 0 Å². The van der Waals surface area contributed by atoms with E-state index in [1.807, 2.05) is 12.1 Å². The lowest BCUT2D eigenvalue weighted by molar-refractivity contribution is 0.103. The van der Waals surface area contributed by atoms with E-state index in [0.717, 1.165) is 36.7 Å². The predicted molar refractivity (Wildman–Crippen MR) is 90.6 cm³/mol. The Morgan fingerprint density at radius 1 is 0.905 bits per heavy atom. The van der Waals surface area contributed by atoms with Gasteiger partial charge < -0.3 is 10.6 Å². The average molecular weight is 287 g/mol. The molecule has 1 aliphatic heterocycles. The summed E-state index contributed by atoms with van der Waals surface area (Å²) in [6.07, 6.45) is 4.19. The molecule has 1 saturated heterocycles. The molecule has 2 aliphatic rings. The minimum Gasteiger partial charge on any atom is -0.399 e. The normalized spacial score (nSPS) is 31.3. The molecule has 0 amide bonds. The van der Waals surface area contributed by atoms with E-state index in [1.165, 1.54) is 38.0 Å².